The molecule has 5 nitrogen and oxygen atoms in total. The van der Waals surface area contributed by atoms with Gasteiger partial charge in [0.1, 0.15) is 5.82 Å². The molecule has 0 bridgehead atoms. The van der Waals surface area contributed by atoms with E-state index in [2.05, 4.69) is 22.4 Å². The maximum Gasteiger partial charge on any atom is 0.274 e. The zero-order chi connectivity index (χ0) is 16.7. The lowest BCUT2D eigenvalue weighted by Gasteiger charge is -2.26. The van der Waals surface area contributed by atoms with Crippen molar-refractivity contribution in [3.63, 3.8) is 0 Å². The number of carbonyl (C=O) groups is 1. The van der Waals surface area contributed by atoms with E-state index in [1.54, 1.807) is 17.0 Å². The van der Waals surface area contributed by atoms with Gasteiger partial charge in [0.25, 0.3) is 5.91 Å². The molecule has 0 aliphatic carbocycles. The molecule has 0 fully saturated rings. The lowest BCUT2D eigenvalue weighted by atomic mass is 10.1. The highest BCUT2D eigenvalue weighted by Crippen LogP contribution is 2.13. The average molecular weight is 312 g/mol. The SMILES string of the molecule is CCCNc1ccc(C(=O)N(Cc2ccccc2)C(C)C)nn1. The van der Waals surface area contributed by atoms with Crippen LogP contribution in [0.2, 0.25) is 0 Å². The summed E-state index contributed by atoms with van der Waals surface area (Å²) in [4.78, 5) is 14.5. The minimum atomic E-state index is -0.0987. The second kappa shape index (κ2) is 8.27. The molecule has 2 aromatic rings. The third kappa shape index (κ3) is 4.77. The Morgan fingerprint density at radius 2 is 1.87 bits per heavy atom. The van der Waals surface area contributed by atoms with Gasteiger partial charge in [-0.05, 0) is 38.0 Å². The molecule has 0 atom stereocenters. The van der Waals surface area contributed by atoms with E-state index >= 15 is 0 Å². The van der Waals surface area contributed by atoms with Crippen molar-refractivity contribution in [2.24, 2.45) is 0 Å². The van der Waals surface area contributed by atoms with Crippen LogP contribution in [-0.2, 0) is 6.54 Å². The Balaban J connectivity index is 2.11. The molecule has 2 rings (SSSR count). The molecular formula is C18H24N4O. The minimum absolute atomic E-state index is 0.0856. The second-order valence-electron chi connectivity index (χ2n) is 5.74. The number of anilines is 1. The van der Waals surface area contributed by atoms with Gasteiger partial charge >= 0.3 is 0 Å². The van der Waals surface area contributed by atoms with Crippen molar-refractivity contribution in [3.05, 3.63) is 53.7 Å². The molecule has 0 spiro atoms. The summed E-state index contributed by atoms with van der Waals surface area (Å²) in [7, 11) is 0. The number of nitrogens with one attached hydrogen (secondary N) is 1. The highest BCUT2D eigenvalue weighted by molar-refractivity contribution is 5.92. The van der Waals surface area contributed by atoms with E-state index in [0.717, 1.165) is 18.5 Å². The average Bonchev–Trinajstić information content (AvgIpc) is 2.58. The van der Waals surface area contributed by atoms with Crippen LogP contribution in [0, 0.1) is 0 Å². The van der Waals surface area contributed by atoms with Gasteiger partial charge in [-0.3, -0.25) is 4.79 Å². The van der Waals surface area contributed by atoms with E-state index in [9.17, 15) is 4.79 Å². The summed E-state index contributed by atoms with van der Waals surface area (Å²) in [6, 6.07) is 13.6. The van der Waals surface area contributed by atoms with Crippen molar-refractivity contribution in [1.29, 1.82) is 0 Å². The Morgan fingerprint density at radius 3 is 2.43 bits per heavy atom. The Hall–Kier alpha value is -2.43. The molecule has 0 saturated carbocycles. The number of amides is 1. The maximum atomic E-state index is 12.7. The number of carbonyl (C=O) groups excluding carboxylic acids is 1. The standard InChI is InChI=1S/C18H24N4O/c1-4-12-19-17-11-10-16(20-21-17)18(23)22(14(2)3)13-15-8-6-5-7-9-15/h5-11,14H,4,12-13H2,1-3H3,(H,19,21). The number of hydrogen-bond acceptors (Lipinski definition) is 4. The fraction of sp³-hybridized carbons (Fsp3) is 0.389. The van der Waals surface area contributed by atoms with E-state index in [1.807, 2.05) is 44.2 Å². The van der Waals surface area contributed by atoms with Crippen LogP contribution in [0.1, 0.15) is 43.2 Å². The van der Waals surface area contributed by atoms with Crippen molar-refractivity contribution in [3.8, 4) is 0 Å². The van der Waals surface area contributed by atoms with Gasteiger partial charge in [0.2, 0.25) is 0 Å². The lowest BCUT2D eigenvalue weighted by Crippen LogP contribution is -2.37. The van der Waals surface area contributed by atoms with Crippen LogP contribution >= 0.6 is 0 Å². The zero-order valence-corrected chi connectivity index (χ0v) is 14.0. The van der Waals surface area contributed by atoms with Crippen molar-refractivity contribution in [2.45, 2.75) is 39.8 Å². The first-order chi connectivity index (χ1) is 11.1. The van der Waals surface area contributed by atoms with Gasteiger partial charge in [-0.1, -0.05) is 37.3 Å². The van der Waals surface area contributed by atoms with E-state index in [0.29, 0.717) is 18.1 Å². The van der Waals surface area contributed by atoms with Crippen LogP contribution in [0.25, 0.3) is 0 Å². The van der Waals surface area contributed by atoms with Crippen LogP contribution in [0.4, 0.5) is 5.82 Å². The molecule has 122 valence electrons. The topological polar surface area (TPSA) is 58.1 Å². The summed E-state index contributed by atoms with van der Waals surface area (Å²) in [6.07, 6.45) is 1.01. The van der Waals surface area contributed by atoms with Gasteiger partial charge < -0.3 is 10.2 Å². The fourth-order valence-corrected chi connectivity index (χ4v) is 2.21. The molecule has 0 aliphatic rings. The van der Waals surface area contributed by atoms with E-state index in [-0.39, 0.29) is 11.9 Å². The molecule has 23 heavy (non-hydrogen) atoms. The van der Waals surface area contributed by atoms with Crippen LogP contribution in [0.3, 0.4) is 0 Å². The molecule has 1 aromatic carbocycles. The summed E-state index contributed by atoms with van der Waals surface area (Å²) in [6.45, 7) is 7.50. The third-order valence-electron chi connectivity index (χ3n) is 3.52. The predicted octanol–water partition coefficient (Wildman–Crippen LogP) is 3.35. The van der Waals surface area contributed by atoms with Gasteiger partial charge in [0.15, 0.2) is 5.69 Å². The summed E-state index contributed by atoms with van der Waals surface area (Å²) in [5.41, 5.74) is 1.47. The van der Waals surface area contributed by atoms with Crippen molar-refractivity contribution < 1.29 is 4.79 Å². The molecule has 0 aliphatic heterocycles. The Kier molecular flexibility index (Phi) is 6.09. The highest BCUT2D eigenvalue weighted by Gasteiger charge is 2.20. The van der Waals surface area contributed by atoms with Gasteiger partial charge in [0.05, 0.1) is 0 Å². The molecule has 0 unspecified atom stereocenters. The quantitative estimate of drug-likeness (QED) is 0.852. The molecule has 1 N–H and O–H groups in total. The first-order valence-electron chi connectivity index (χ1n) is 8.04. The summed E-state index contributed by atoms with van der Waals surface area (Å²) < 4.78 is 0. The molecule has 1 amide bonds. The molecular weight excluding hydrogens is 288 g/mol. The van der Waals surface area contributed by atoms with Gasteiger partial charge in [-0.25, -0.2) is 0 Å². The summed E-state index contributed by atoms with van der Waals surface area (Å²) in [5, 5.41) is 11.3. The van der Waals surface area contributed by atoms with Crippen molar-refractivity contribution in [1.82, 2.24) is 15.1 Å². The zero-order valence-electron chi connectivity index (χ0n) is 14.0. The Bertz CT molecular complexity index is 611. The van der Waals surface area contributed by atoms with Gasteiger partial charge in [0, 0.05) is 19.1 Å². The first kappa shape index (κ1) is 16.9. The molecule has 0 radical (unpaired) electrons. The number of hydrogen-bond donors (Lipinski definition) is 1. The maximum absolute atomic E-state index is 12.7. The van der Waals surface area contributed by atoms with Crippen LogP contribution < -0.4 is 5.32 Å². The second-order valence-corrected chi connectivity index (χ2v) is 5.74. The van der Waals surface area contributed by atoms with E-state index in [4.69, 9.17) is 0 Å². The third-order valence-corrected chi connectivity index (χ3v) is 3.52. The molecule has 5 heteroatoms. The van der Waals surface area contributed by atoms with Crippen LogP contribution in [-0.4, -0.2) is 33.6 Å². The summed E-state index contributed by atoms with van der Waals surface area (Å²) in [5.74, 6) is 0.598. The number of aromatic nitrogens is 2. The predicted molar refractivity (Wildman–Crippen MR) is 92.3 cm³/mol. The van der Waals surface area contributed by atoms with Crippen LogP contribution in [0.5, 0.6) is 0 Å². The molecule has 0 saturated heterocycles. The van der Waals surface area contributed by atoms with Gasteiger partial charge in [-0.2, -0.15) is 0 Å². The fourth-order valence-electron chi connectivity index (χ4n) is 2.21. The molecule has 1 heterocycles. The monoisotopic (exact) mass is 312 g/mol. The molecule has 1 aromatic heterocycles. The number of nitrogens with zero attached hydrogens (tertiary/aromatic N) is 3. The van der Waals surface area contributed by atoms with Gasteiger partial charge in [-0.15, -0.1) is 10.2 Å². The first-order valence-corrected chi connectivity index (χ1v) is 8.04. The van der Waals surface area contributed by atoms with E-state index < -0.39 is 0 Å². The van der Waals surface area contributed by atoms with Crippen molar-refractivity contribution >= 4 is 11.7 Å². The number of rotatable bonds is 7. The Labute approximate surface area is 137 Å². The smallest absolute Gasteiger partial charge is 0.274 e. The van der Waals surface area contributed by atoms with Crippen LogP contribution in [0.15, 0.2) is 42.5 Å². The van der Waals surface area contributed by atoms with Crippen molar-refractivity contribution in [2.75, 3.05) is 11.9 Å². The minimum Gasteiger partial charge on any atom is -0.369 e. The van der Waals surface area contributed by atoms with E-state index in [1.165, 1.54) is 0 Å². The lowest BCUT2D eigenvalue weighted by molar-refractivity contribution is 0.0683. The highest BCUT2D eigenvalue weighted by atomic mass is 16.2. The Morgan fingerprint density at radius 1 is 1.13 bits per heavy atom. The number of benzene rings is 1. The normalized spacial score (nSPS) is 10.6. The largest absolute Gasteiger partial charge is 0.369 e. The summed E-state index contributed by atoms with van der Waals surface area (Å²) >= 11 is 0.